The van der Waals surface area contributed by atoms with Crippen molar-refractivity contribution in [1.82, 2.24) is 15.2 Å². The molecule has 0 fully saturated rings. The summed E-state index contributed by atoms with van der Waals surface area (Å²) < 4.78 is 5.47. The van der Waals surface area contributed by atoms with Crippen LogP contribution in [-0.2, 0) is 12.8 Å². The number of nitrogens with one attached hydrogen (secondary N) is 2. The molecule has 0 atom stereocenters. The van der Waals surface area contributed by atoms with Crippen LogP contribution in [0.1, 0.15) is 11.1 Å². The van der Waals surface area contributed by atoms with Gasteiger partial charge in [0.15, 0.2) is 5.16 Å². The van der Waals surface area contributed by atoms with Gasteiger partial charge in [-0.1, -0.05) is 23.9 Å². The molecule has 1 aromatic heterocycles. The molecule has 0 bridgehead atoms. The van der Waals surface area contributed by atoms with Crippen molar-refractivity contribution in [2.24, 2.45) is 0 Å². The van der Waals surface area contributed by atoms with Crippen molar-refractivity contribution in [3.63, 3.8) is 0 Å². The van der Waals surface area contributed by atoms with Crippen LogP contribution in [0, 0.1) is 0 Å². The second kappa shape index (κ2) is 4.89. The third-order valence-electron chi connectivity index (χ3n) is 2.86. The largest absolute Gasteiger partial charge is 0.493 e. The van der Waals surface area contributed by atoms with E-state index in [9.17, 15) is 4.79 Å². The molecule has 2 aromatic rings. The number of H-pyrrole nitrogens is 2. The van der Waals surface area contributed by atoms with E-state index in [-0.39, 0.29) is 5.69 Å². The maximum Gasteiger partial charge on any atom is 0.341 e. The van der Waals surface area contributed by atoms with Gasteiger partial charge >= 0.3 is 5.69 Å². The summed E-state index contributed by atoms with van der Waals surface area (Å²) in [4.78, 5) is 13.5. The summed E-state index contributed by atoms with van der Waals surface area (Å²) in [6.45, 7) is 0.794. The highest BCUT2D eigenvalue weighted by Gasteiger charge is 2.11. The van der Waals surface area contributed by atoms with Gasteiger partial charge in [-0.2, -0.15) is 0 Å². The monoisotopic (exact) mass is 263 g/mol. The number of hydrogen-bond acceptors (Lipinski definition) is 4. The average molecular weight is 263 g/mol. The van der Waals surface area contributed by atoms with E-state index >= 15 is 0 Å². The first-order valence-corrected chi connectivity index (χ1v) is 6.82. The van der Waals surface area contributed by atoms with Crippen molar-refractivity contribution in [3.05, 3.63) is 39.8 Å². The normalized spacial score (nSPS) is 13.3. The van der Waals surface area contributed by atoms with Crippen molar-refractivity contribution < 1.29 is 4.74 Å². The second-order valence-electron chi connectivity index (χ2n) is 4.12. The van der Waals surface area contributed by atoms with Crippen molar-refractivity contribution in [2.75, 3.05) is 12.4 Å². The fourth-order valence-corrected chi connectivity index (χ4v) is 2.79. The fourth-order valence-electron chi connectivity index (χ4n) is 1.98. The van der Waals surface area contributed by atoms with Crippen LogP contribution in [0.2, 0.25) is 0 Å². The summed E-state index contributed by atoms with van der Waals surface area (Å²) in [7, 11) is 0. The zero-order valence-corrected chi connectivity index (χ0v) is 10.5. The molecular weight excluding hydrogens is 250 g/mol. The zero-order valence-electron chi connectivity index (χ0n) is 9.73. The Hall–Kier alpha value is -1.69. The van der Waals surface area contributed by atoms with Gasteiger partial charge in [0, 0.05) is 12.2 Å². The van der Waals surface area contributed by atoms with E-state index in [2.05, 4.69) is 27.3 Å². The molecule has 0 spiro atoms. The molecule has 5 nitrogen and oxygen atoms in total. The second-order valence-corrected chi connectivity index (χ2v) is 5.21. The lowest BCUT2D eigenvalue weighted by Crippen LogP contribution is -2.00. The fraction of sp³-hybridized carbons (Fsp3) is 0.333. The highest BCUT2D eigenvalue weighted by atomic mass is 32.2. The highest BCUT2D eigenvalue weighted by molar-refractivity contribution is 7.99. The molecule has 2 N–H and O–H groups in total. The van der Waals surface area contributed by atoms with Gasteiger partial charge in [-0.25, -0.2) is 9.89 Å². The minimum absolute atomic E-state index is 0.257. The molecule has 1 aliphatic rings. The van der Waals surface area contributed by atoms with Gasteiger partial charge in [0.1, 0.15) is 5.75 Å². The zero-order chi connectivity index (χ0) is 12.4. The van der Waals surface area contributed by atoms with E-state index in [0.717, 1.165) is 31.0 Å². The molecule has 0 radical (unpaired) electrons. The maximum atomic E-state index is 10.9. The minimum Gasteiger partial charge on any atom is -0.493 e. The number of benzene rings is 1. The van der Waals surface area contributed by atoms with Crippen LogP contribution in [-0.4, -0.2) is 27.5 Å². The van der Waals surface area contributed by atoms with E-state index < -0.39 is 0 Å². The van der Waals surface area contributed by atoms with Crippen LogP contribution < -0.4 is 10.4 Å². The van der Waals surface area contributed by atoms with Crippen molar-refractivity contribution >= 4 is 11.8 Å². The molecule has 6 heteroatoms. The molecule has 2 heterocycles. The van der Waals surface area contributed by atoms with Gasteiger partial charge in [0.25, 0.3) is 0 Å². The Morgan fingerprint density at radius 3 is 3.22 bits per heavy atom. The topological polar surface area (TPSA) is 70.8 Å². The number of aryl methyl sites for hydroxylation is 1. The lowest BCUT2D eigenvalue weighted by molar-refractivity contribution is 0.357. The smallest absolute Gasteiger partial charge is 0.341 e. The predicted octanol–water partition coefficient (Wildman–Crippen LogP) is 1.37. The van der Waals surface area contributed by atoms with E-state index in [1.165, 1.54) is 11.1 Å². The molecule has 0 saturated heterocycles. The van der Waals surface area contributed by atoms with Crippen LogP contribution in [0.4, 0.5) is 0 Å². The molecule has 18 heavy (non-hydrogen) atoms. The summed E-state index contributed by atoms with van der Waals surface area (Å²) in [5.41, 5.74) is 2.34. The number of aromatic amines is 2. The first kappa shape index (κ1) is 11.4. The van der Waals surface area contributed by atoms with Crippen molar-refractivity contribution in [2.45, 2.75) is 18.0 Å². The van der Waals surface area contributed by atoms with Gasteiger partial charge in [0.2, 0.25) is 0 Å². The molecule has 1 aliphatic heterocycles. The summed E-state index contributed by atoms with van der Waals surface area (Å²) in [6.07, 6.45) is 1.95. The minimum atomic E-state index is -0.257. The SMILES string of the molecule is O=c1[nH]nc(SCCc2ccc3c(c2)CCO3)[nH]1. The Balaban J connectivity index is 1.58. The van der Waals surface area contributed by atoms with Crippen molar-refractivity contribution in [1.29, 1.82) is 0 Å². The van der Waals surface area contributed by atoms with Crippen LogP contribution in [0.15, 0.2) is 28.2 Å². The summed E-state index contributed by atoms with van der Waals surface area (Å²) in [5, 5.41) is 6.85. The molecule has 0 saturated carbocycles. The number of thioether (sulfide) groups is 1. The third-order valence-corrected chi connectivity index (χ3v) is 3.74. The Kier molecular flexibility index (Phi) is 3.10. The maximum absolute atomic E-state index is 10.9. The molecular formula is C12H13N3O2S. The number of ether oxygens (including phenoxy) is 1. The molecule has 0 unspecified atom stereocenters. The Labute approximate surface area is 108 Å². The first-order valence-electron chi connectivity index (χ1n) is 5.83. The molecule has 94 valence electrons. The van der Waals surface area contributed by atoms with Gasteiger partial charge in [-0.15, -0.1) is 5.10 Å². The van der Waals surface area contributed by atoms with Gasteiger partial charge in [-0.05, 0) is 23.6 Å². The lowest BCUT2D eigenvalue weighted by atomic mass is 10.1. The van der Waals surface area contributed by atoms with Gasteiger partial charge in [-0.3, -0.25) is 4.98 Å². The first-order chi connectivity index (χ1) is 8.81. The molecule has 0 amide bonds. The lowest BCUT2D eigenvalue weighted by Gasteiger charge is -2.03. The van der Waals surface area contributed by atoms with Crippen LogP contribution in [0.3, 0.4) is 0 Å². The number of nitrogens with zero attached hydrogens (tertiary/aromatic N) is 1. The van der Waals surface area contributed by atoms with Crippen LogP contribution >= 0.6 is 11.8 Å². The number of hydrogen-bond donors (Lipinski definition) is 2. The van der Waals surface area contributed by atoms with E-state index in [1.54, 1.807) is 11.8 Å². The van der Waals surface area contributed by atoms with E-state index in [4.69, 9.17) is 4.74 Å². The van der Waals surface area contributed by atoms with Gasteiger partial charge < -0.3 is 4.74 Å². The molecule has 1 aromatic carbocycles. The highest BCUT2D eigenvalue weighted by Crippen LogP contribution is 2.26. The quantitative estimate of drug-likeness (QED) is 0.817. The third kappa shape index (κ3) is 2.43. The molecule has 3 rings (SSSR count). The number of rotatable bonds is 4. The van der Waals surface area contributed by atoms with Crippen LogP contribution in [0.5, 0.6) is 5.75 Å². The van der Waals surface area contributed by atoms with E-state index in [0.29, 0.717) is 5.16 Å². The van der Waals surface area contributed by atoms with Gasteiger partial charge in [0.05, 0.1) is 6.61 Å². The number of fused-ring (bicyclic) bond motifs is 1. The number of aromatic nitrogens is 3. The standard InChI is InChI=1S/C12H13N3O2S/c16-11-13-12(15-14-11)18-6-4-8-1-2-10-9(7-8)3-5-17-10/h1-2,7H,3-6H2,(H2,13,14,15,16). The van der Waals surface area contributed by atoms with Crippen molar-refractivity contribution in [3.8, 4) is 5.75 Å². The predicted molar refractivity (Wildman–Crippen MR) is 69.3 cm³/mol. The van der Waals surface area contributed by atoms with E-state index in [1.807, 2.05) is 6.07 Å². The average Bonchev–Trinajstić information content (AvgIpc) is 2.97. The van der Waals surface area contributed by atoms with Crippen LogP contribution in [0.25, 0.3) is 0 Å². The summed E-state index contributed by atoms with van der Waals surface area (Å²) >= 11 is 1.54. The Morgan fingerprint density at radius 2 is 2.39 bits per heavy atom. The Bertz CT molecular complexity index is 605. The summed E-state index contributed by atoms with van der Waals surface area (Å²) in [6, 6.07) is 6.34. The Morgan fingerprint density at radius 1 is 1.44 bits per heavy atom. The molecule has 0 aliphatic carbocycles. The summed E-state index contributed by atoms with van der Waals surface area (Å²) in [5.74, 6) is 1.91.